The molecule has 0 amide bonds. The summed E-state index contributed by atoms with van der Waals surface area (Å²) in [5.41, 5.74) is -2.10. The third-order valence-corrected chi connectivity index (χ3v) is 4.28. The largest absolute Gasteiger partial charge is 0.390 e. The van der Waals surface area contributed by atoms with Crippen molar-refractivity contribution in [2.24, 2.45) is 16.5 Å². The van der Waals surface area contributed by atoms with Gasteiger partial charge in [0.2, 0.25) is 0 Å². The van der Waals surface area contributed by atoms with Crippen LogP contribution in [0.1, 0.15) is 59.8 Å². The smallest absolute Gasteiger partial charge is 0.284 e. The molecule has 0 spiro atoms. The van der Waals surface area contributed by atoms with Crippen LogP contribution in [0.5, 0.6) is 0 Å². The Morgan fingerprint density at radius 1 is 1.21 bits per heavy atom. The van der Waals surface area contributed by atoms with Crippen molar-refractivity contribution in [2.45, 2.75) is 77.5 Å². The molecule has 0 aromatic carbocycles. The summed E-state index contributed by atoms with van der Waals surface area (Å²) < 4.78 is 43.5. The van der Waals surface area contributed by atoms with Crippen LogP contribution in [0.3, 0.4) is 0 Å². The van der Waals surface area contributed by atoms with Gasteiger partial charge in [0, 0.05) is 5.92 Å². The summed E-state index contributed by atoms with van der Waals surface area (Å²) in [7, 11) is 0. The molecule has 0 aromatic rings. The van der Waals surface area contributed by atoms with E-state index in [1.165, 1.54) is 19.1 Å². The van der Waals surface area contributed by atoms with Crippen LogP contribution >= 0.6 is 0 Å². The zero-order valence-corrected chi connectivity index (χ0v) is 14.6. The van der Waals surface area contributed by atoms with Crippen LogP contribution in [0.4, 0.5) is 13.2 Å². The first-order valence-electron chi connectivity index (χ1n) is 8.10. The third kappa shape index (κ3) is 4.41. The Kier molecular flexibility index (Phi) is 6.27. The molecule has 1 fully saturated rings. The molecule has 1 aliphatic carbocycles. The lowest BCUT2D eigenvalue weighted by Crippen LogP contribution is -2.48. The number of rotatable bonds is 5. The number of halogens is 3. The predicted molar refractivity (Wildman–Crippen MR) is 84.0 cm³/mol. The Labute approximate surface area is 141 Å². The Bertz CT molecular complexity index is 531. The minimum Gasteiger partial charge on any atom is -0.390 e. The fraction of sp³-hybridized carbons (Fsp3) is 0.824. The number of nitriles is 2. The molecule has 24 heavy (non-hydrogen) atoms. The topological polar surface area (TPSA) is 69.2 Å². The van der Waals surface area contributed by atoms with Crippen LogP contribution in [0, 0.1) is 34.0 Å². The van der Waals surface area contributed by atoms with E-state index in [0.717, 1.165) is 0 Å². The van der Waals surface area contributed by atoms with Gasteiger partial charge in [-0.15, -0.1) is 0 Å². The van der Waals surface area contributed by atoms with Gasteiger partial charge in [0.1, 0.15) is 5.60 Å². The summed E-state index contributed by atoms with van der Waals surface area (Å²) in [6, 6.07) is 2.89. The second-order valence-electron chi connectivity index (χ2n) is 7.22. The summed E-state index contributed by atoms with van der Waals surface area (Å²) >= 11 is 0. The first-order chi connectivity index (χ1) is 11.0. The molecule has 1 aliphatic rings. The van der Waals surface area contributed by atoms with E-state index in [2.05, 4.69) is 5.16 Å². The highest BCUT2D eigenvalue weighted by Crippen LogP contribution is 2.46. The molecule has 0 aliphatic heterocycles. The van der Waals surface area contributed by atoms with E-state index in [-0.39, 0.29) is 19.3 Å². The number of oxime groups is 1. The Hall–Kier alpha value is -1.76. The average Bonchev–Trinajstić information content (AvgIpc) is 2.54. The fourth-order valence-corrected chi connectivity index (χ4v) is 2.64. The lowest BCUT2D eigenvalue weighted by Gasteiger charge is -2.36. The van der Waals surface area contributed by atoms with Gasteiger partial charge in [-0.3, -0.25) is 0 Å². The van der Waals surface area contributed by atoms with Crippen molar-refractivity contribution in [3.05, 3.63) is 0 Å². The molecular formula is C17H24F3N3O. The second-order valence-corrected chi connectivity index (χ2v) is 7.22. The molecule has 0 aromatic heterocycles. The van der Waals surface area contributed by atoms with Gasteiger partial charge in [0.15, 0.2) is 11.6 Å². The highest BCUT2D eigenvalue weighted by atomic mass is 19.3. The minimum atomic E-state index is -3.72. The normalized spacial score (nSPS) is 20.7. The van der Waals surface area contributed by atoms with E-state index in [1.54, 1.807) is 0 Å². The molecule has 0 saturated heterocycles. The van der Waals surface area contributed by atoms with Crippen molar-refractivity contribution in [1.29, 1.82) is 10.5 Å². The monoisotopic (exact) mass is 343 g/mol. The zero-order valence-electron chi connectivity index (χ0n) is 14.6. The summed E-state index contributed by atoms with van der Waals surface area (Å²) in [4.78, 5) is 5.28. The van der Waals surface area contributed by atoms with E-state index in [1.807, 2.05) is 20.8 Å². The molecule has 0 radical (unpaired) electrons. The third-order valence-electron chi connectivity index (χ3n) is 4.28. The number of hydrogen-bond acceptors (Lipinski definition) is 4. The fourth-order valence-electron chi connectivity index (χ4n) is 2.64. The van der Waals surface area contributed by atoms with Gasteiger partial charge in [-0.1, -0.05) is 12.1 Å². The van der Waals surface area contributed by atoms with Gasteiger partial charge in [0.25, 0.3) is 5.92 Å². The predicted octanol–water partition coefficient (Wildman–Crippen LogP) is 4.76. The average molecular weight is 343 g/mol. The lowest BCUT2D eigenvalue weighted by molar-refractivity contribution is -0.145. The van der Waals surface area contributed by atoms with Crippen LogP contribution in [0.25, 0.3) is 0 Å². The molecule has 0 bridgehead atoms. The number of hydrogen-bond donors (Lipinski definition) is 0. The van der Waals surface area contributed by atoms with Crippen molar-refractivity contribution in [1.82, 2.24) is 0 Å². The van der Waals surface area contributed by atoms with Gasteiger partial charge in [-0.25, -0.2) is 13.2 Å². The summed E-state index contributed by atoms with van der Waals surface area (Å²) in [6.45, 7) is 6.86. The van der Waals surface area contributed by atoms with Crippen molar-refractivity contribution in [3.63, 3.8) is 0 Å². The van der Waals surface area contributed by atoms with Crippen LogP contribution in [-0.2, 0) is 4.84 Å². The van der Waals surface area contributed by atoms with Crippen molar-refractivity contribution in [2.75, 3.05) is 0 Å². The van der Waals surface area contributed by atoms with Crippen LogP contribution < -0.4 is 0 Å². The summed E-state index contributed by atoms with van der Waals surface area (Å²) in [5, 5.41) is 22.0. The number of nitrogens with zero attached hydrogens (tertiary/aromatic N) is 3. The van der Waals surface area contributed by atoms with Gasteiger partial charge >= 0.3 is 0 Å². The quantitative estimate of drug-likeness (QED) is 0.676. The molecule has 0 heterocycles. The molecule has 0 N–H and O–H groups in total. The molecule has 134 valence electrons. The van der Waals surface area contributed by atoms with Crippen LogP contribution in [0.2, 0.25) is 0 Å². The Morgan fingerprint density at radius 2 is 1.71 bits per heavy atom. The van der Waals surface area contributed by atoms with E-state index in [9.17, 15) is 13.2 Å². The van der Waals surface area contributed by atoms with Gasteiger partial charge in [-0.05, 0) is 52.9 Å². The molecular weight excluding hydrogens is 319 g/mol. The first-order valence-corrected chi connectivity index (χ1v) is 8.10. The molecule has 1 rings (SSSR count). The Balaban J connectivity index is 2.82. The standard InChI is InChI=1S/C17H24F3N3O/c1-5-16(10-21,11-22)14(18)17(19,20)12-6-8-13(9-7-12)23-24-15(2,3)4/h12,14H,5-9H2,1-4H3. The summed E-state index contributed by atoms with van der Waals surface area (Å²) in [6.07, 6.45) is -2.40. The SMILES string of the molecule is CCC(C#N)(C#N)C(F)C(F)(F)C1CCC(=NOC(C)(C)C)CC1. The van der Waals surface area contributed by atoms with E-state index in [0.29, 0.717) is 18.6 Å². The highest BCUT2D eigenvalue weighted by Gasteiger charge is 2.58. The maximum atomic E-state index is 14.5. The van der Waals surface area contributed by atoms with Crippen LogP contribution in [-0.4, -0.2) is 23.4 Å². The van der Waals surface area contributed by atoms with Crippen molar-refractivity contribution in [3.8, 4) is 12.1 Å². The summed E-state index contributed by atoms with van der Waals surface area (Å²) in [5.74, 6) is -4.94. The maximum absolute atomic E-state index is 14.5. The van der Waals surface area contributed by atoms with E-state index < -0.39 is 29.0 Å². The van der Waals surface area contributed by atoms with Crippen molar-refractivity contribution >= 4 is 5.71 Å². The molecule has 1 saturated carbocycles. The highest BCUT2D eigenvalue weighted by molar-refractivity contribution is 5.84. The van der Waals surface area contributed by atoms with Crippen molar-refractivity contribution < 1.29 is 18.0 Å². The molecule has 1 atom stereocenters. The van der Waals surface area contributed by atoms with E-state index >= 15 is 0 Å². The Morgan fingerprint density at radius 3 is 2.08 bits per heavy atom. The second kappa shape index (κ2) is 7.42. The van der Waals surface area contributed by atoms with E-state index in [4.69, 9.17) is 15.4 Å². The lowest BCUT2D eigenvalue weighted by atomic mass is 9.73. The zero-order chi connectivity index (χ0) is 18.6. The minimum absolute atomic E-state index is 0.0520. The van der Waals surface area contributed by atoms with Crippen LogP contribution in [0.15, 0.2) is 5.16 Å². The molecule has 4 nitrogen and oxygen atoms in total. The van der Waals surface area contributed by atoms with Gasteiger partial charge in [0.05, 0.1) is 17.9 Å². The molecule has 1 unspecified atom stereocenters. The molecule has 7 heteroatoms. The maximum Gasteiger partial charge on any atom is 0.284 e. The number of alkyl halides is 3. The van der Waals surface area contributed by atoms with Gasteiger partial charge in [-0.2, -0.15) is 10.5 Å². The van der Waals surface area contributed by atoms with Gasteiger partial charge < -0.3 is 4.84 Å². The first kappa shape index (κ1) is 20.3.